The van der Waals surface area contributed by atoms with Crippen molar-refractivity contribution in [2.75, 3.05) is 40.1 Å². The molecule has 4 aromatic carbocycles. The summed E-state index contributed by atoms with van der Waals surface area (Å²) in [6.07, 6.45) is 10.2. The molecule has 246 valence electrons. The molecule has 0 fully saturated rings. The number of unbranched alkanes of at least 4 members (excludes halogenated alkanes) is 5. The third kappa shape index (κ3) is 8.59. The van der Waals surface area contributed by atoms with Crippen LogP contribution >= 0.6 is 0 Å². The Labute approximate surface area is 270 Å². The third-order valence-corrected chi connectivity index (χ3v) is 8.12. The van der Waals surface area contributed by atoms with Crippen LogP contribution in [-0.4, -0.2) is 40.1 Å². The number of benzene rings is 4. The van der Waals surface area contributed by atoms with Gasteiger partial charge in [0.2, 0.25) is 0 Å². The quantitative estimate of drug-likeness (QED) is 0.0684. The minimum absolute atomic E-state index is 0.637. The lowest BCUT2D eigenvalue weighted by atomic mass is 9.93. The predicted octanol–water partition coefficient (Wildman–Crippen LogP) is 11.0. The van der Waals surface area contributed by atoms with Gasteiger partial charge in [0, 0.05) is 0 Å². The van der Waals surface area contributed by atoms with Crippen molar-refractivity contribution in [3.63, 3.8) is 0 Å². The van der Waals surface area contributed by atoms with Crippen LogP contribution < -0.4 is 28.4 Å². The molecule has 0 radical (unpaired) electrons. The standard InChI is InChI=1S/C39H54O6/c1-7-12-17-41-35-23-29-28(22-34(35)40-6)30-24-36(42-18-13-8-2)38(44-20-15-10-4)26-32(30)33-27-39(45-21-16-11-5)37(25-31(29)33)43-19-14-9-3/h22-27H,7-21H2,1-6H3. The molecule has 6 heteroatoms. The van der Waals surface area contributed by atoms with E-state index in [0.717, 1.165) is 131 Å². The van der Waals surface area contributed by atoms with Crippen LogP contribution in [0.4, 0.5) is 0 Å². The highest BCUT2D eigenvalue weighted by molar-refractivity contribution is 6.26. The Bertz CT molecular complexity index is 1460. The Kier molecular flexibility index (Phi) is 13.6. The number of fused-ring (bicyclic) bond motifs is 6. The predicted molar refractivity (Wildman–Crippen MR) is 188 cm³/mol. The Morgan fingerprint density at radius 1 is 0.333 bits per heavy atom. The first-order chi connectivity index (χ1) is 22.1. The lowest BCUT2D eigenvalue weighted by Gasteiger charge is -2.20. The van der Waals surface area contributed by atoms with Crippen molar-refractivity contribution in [2.45, 2.75) is 98.8 Å². The molecule has 0 bridgehead atoms. The van der Waals surface area contributed by atoms with Gasteiger partial charge in [-0.05, 0) is 101 Å². The smallest absolute Gasteiger partial charge is 0.161 e. The molecule has 0 heterocycles. The summed E-state index contributed by atoms with van der Waals surface area (Å²) in [4.78, 5) is 0. The van der Waals surface area contributed by atoms with Crippen LogP contribution in [0.5, 0.6) is 34.5 Å². The second kappa shape index (κ2) is 17.8. The molecule has 6 nitrogen and oxygen atoms in total. The molecule has 0 N–H and O–H groups in total. The van der Waals surface area contributed by atoms with Crippen LogP contribution in [0.3, 0.4) is 0 Å². The van der Waals surface area contributed by atoms with Gasteiger partial charge in [-0.15, -0.1) is 0 Å². The normalized spacial score (nSPS) is 11.3. The Morgan fingerprint density at radius 3 is 0.733 bits per heavy atom. The molecule has 0 aliphatic carbocycles. The van der Waals surface area contributed by atoms with Gasteiger partial charge in [0.15, 0.2) is 34.5 Å². The molecule has 0 aliphatic rings. The van der Waals surface area contributed by atoms with Gasteiger partial charge in [-0.3, -0.25) is 0 Å². The van der Waals surface area contributed by atoms with Crippen LogP contribution in [0.25, 0.3) is 32.3 Å². The molecular formula is C39H54O6. The van der Waals surface area contributed by atoms with Crippen LogP contribution in [0, 0.1) is 0 Å². The molecule has 0 unspecified atom stereocenters. The zero-order valence-electron chi connectivity index (χ0n) is 28.5. The summed E-state index contributed by atoms with van der Waals surface area (Å²) in [5.41, 5.74) is 0. The SMILES string of the molecule is CCCCOc1cc2c(cc1OC)c1cc(OCCCC)c(OCCCC)cc1c1cc(OCCCC)c(OCCCC)cc21. The number of rotatable bonds is 21. The molecule has 0 spiro atoms. The summed E-state index contributed by atoms with van der Waals surface area (Å²) < 4.78 is 37.6. The highest BCUT2D eigenvalue weighted by Gasteiger charge is 2.20. The fourth-order valence-electron chi connectivity index (χ4n) is 5.37. The van der Waals surface area contributed by atoms with Gasteiger partial charge in [0.25, 0.3) is 0 Å². The Morgan fingerprint density at radius 2 is 0.533 bits per heavy atom. The molecule has 0 atom stereocenters. The third-order valence-electron chi connectivity index (χ3n) is 8.12. The maximum atomic E-state index is 6.38. The van der Waals surface area contributed by atoms with E-state index in [2.05, 4.69) is 71.0 Å². The minimum atomic E-state index is 0.637. The lowest BCUT2D eigenvalue weighted by molar-refractivity contribution is 0.262. The summed E-state index contributed by atoms with van der Waals surface area (Å²) in [6.45, 7) is 14.1. The van der Waals surface area contributed by atoms with Crippen molar-refractivity contribution in [1.29, 1.82) is 0 Å². The van der Waals surface area contributed by atoms with Crippen molar-refractivity contribution < 1.29 is 28.4 Å². The zero-order chi connectivity index (χ0) is 32.0. The van der Waals surface area contributed by atoms with E-state index >= 15 is 0 Å². The van der Waals surface area contributed by atoms with Gasteiger partial charge < -0.3 is 28.4 Å². The van der Waals surface area contributed by atoms with E-state index in [1.165, 1.54) is 0 Å². The van der Waals surface area contributed by atoms with E-state index in [4.69, 9.17) is 28.4 Å². The van der Waals surface area contributed by atoms with Gasteiger partial charge in [-0.25, -0.2) is 0 Å². The molecule has 4 aromatic rings. The van der Waals surface area contributed by atoms with E-state index in [0.29, 0.717) is 33.0 Å². The summed E-state index contributed by atoms with van der Waals surface area (Å²) in [6, 6.07) is 12.8. The monoisotopic (exact) mass is 618 g/mol. The van der Waals surface area contributed by atoms with Crippen molar-refractivity contribution in [3.05, 3.63) is 36.4 Å². The minimum Gasteiger partial charge on any atom is -0.493 e. The largest absolute Gasteiger partial charge is 0.493 e. The lowest BCUT2D eigenvalue weighted by Crippen LogP contribution is -2.04. The second-order valence-corrected chi connectivity index (χ2v) is 11.7. The Hall–Kier alpha value is -3.54. The molecule has 4 rings (SSSR count). The van der Waals surface area contributed by atoms with Crippen LogP contribution in [0.15, 0.2) is 36.4 Å². The van der Waals surface area contributed by atoms with E-state index in [1.807, 2.05) is 0 Å². The van der Waals surface area contributed by atoms with Gasteiger partial charge in [-0.2, -0.15) is 0 Å². The maximum absolute atomic E-state index is 6.38. The van der Waals surface area contributed by atoms with Crippen LogP contribution in [-0.2, 0) is 0 Å². The summed E-state index contributed by atoms with van der Waals surface area (Å²) >= 11 is 0. The fraction of sp³-hybridized carbons (Fsp3) is 0.538. The van der Waals surface area contributed by atoms with Crippen molar-refractivity contribution in [2.24, 2.45) is 0 Å². The molecule has 0 amide bonds. The number of hydrogen-bond acceptors (Lipinski definition) is 6. The summed E-state index contributed by atoms with van der Waals surface area (Å²) in [5.74, 6) is 4.56. The van der Waals surface area contributed by atoms with Gasteiger partial charge >= 0.3 is 0 Å². The molecule has 0 aromatic heterocycles. The van der Waals surface area contributed by atoms with Crippen molar-refractivity contribution in [1.82, 2.24) is 0 Å². The first kappa shape index (κ1) is 34.3. The van der Waals surface area contributed by atoms with E-state index in [-0.39, 0.29) is 0 Å². The number of ether oxygens (including phenoxy) is 6. The van der Waals surface area contributed by atoms with Gasteiger partial charge in [-0.1, -0.05) is 66.7 Å². The summed E-state index contributed by atoms with van der Waals surface area (Å²) in [7, 11) is 1.70. The molecule has 0 saturated heterocycles. The van der Waals surface area contributed by atoms with Crippen LogP contribution in [0.2, 0.25) is 0 Å². The average Bonchev–Trinajstić information content (AvgIpc) is 3.05. The number of methoxy groups -OCH3 is 1. The van der Waals surface area contributed by atoms with Crippen molar-refractivity contribution >= 4 is 32.3 Å². The molecular weight excluding hydrogens is 564 g/mol. The summed E-state index contributed by atoms with van der Waals surface area (Å²) in [5, 5.41) is 6.45. The molecule has 45 heavy (non-hydrogen) atoms. The fourth-order valence-corrected chi connectivity index (χ4v) is 5.37. The highest BCUT2D eigenvalue weighted by Crippen LogP contribution is 2.47. The number of hydrogen-bond donors (Lipinski definition) is 0. The van der Waals surface area contributed by atoms with E-state index in [9.17, 15) is 0 Å². The second-order valence-electron chi connectivity index (χ2n) is 11.7. The Balaban J connectivity index is 2.04. The topological polar surface area (TPSA) is 55.4 Å². The van der Waals surface area contributed by atoms with Crippen LogP contribution in [0.1, 0.15) is 98.8 Å². The van der Waals surface area contributed by atoms with E-state index < -0.39 is 0 Å². The maximum Gasteiger partial charge on any atom is 0.161 e. The highest BCUT2D eigenvalue weighted by atomic mass is 16.5. The average molecular weight is 619 g/mol. The van der Waals surface area contributed by atoms with Gasteiger partial charge in [0.1, 0.15) is 0 Å². The zero-order valence-corrected chi connectivity index (χ0v) is 28.5. The van der Waals surface area contributed by atoms with E-state index in [1.54, 1.807) is 7.11 Å². The molecule has 0 aliphatic heterocycles. The van der Waals surface area contributed by atoms with Gasteiger partial charge in [0.05, 0.1) is 40.1 Å². The van der Waals surface area contributed by atoms with Crippen molar-refractivity contribution in [3.8, 4) is 34.5 Å². The first-order valence-corrected chi connectivity index (χ1v) is 17.3. The first-order valence-electron chi connectivity index (χ1n) is 17.3. The molecule has 0 saturated carbocycles.